The van der Waals surface area contributed by atoms with Gasteiger partial charge in [0.15, 0.2) is 6.10 Å². The minimum atomic E-state index is -0.806. The highest BCUT2D eigenvalue weighted by atomic mass is 16.6. The van der Waals surface area contributed by atoms with Crippen LogP contribution in [0.2, 0.25) is 0 Å². The molecule has 0 unspecified atom stereocenters. The van der Waals surface area contributed by atoms with Crippen molar-refractivity contribution in [2.24, 2.45) is 0 Å². The molecule has 0 fully saturated rings. The van der Waals surface area contributed by atoms with Gasteiger partial charge >= 0.3 is 12.1 Å². The predicted molar refractivity (Wildman–Crippen MR) is 131 cm³/mol. The average Bonchev–Trinajstić information content (AvgIpc) is 2.88. The minimum Gasteiger partial charge on any atom is -0.497 e. The van der Waals surface area contributed by atoms with E-state index in [1.807, 2.05) is 0 Å². The molecule has 0 saturated heterocycles. The van der Waals surface area contributed by atoms with E-state index in [0.717, 1.165) is 0 Å². The molecule has 0 aliphatic carbocycles. The summed E-state index contributed by atoms with van der Waals surface area (Å²) in [5.74, 6) is 0.700. The Labute approximate surface area is 204 Å². The van der Waals surface area contributed by atoms with Gasteiger partial charge in [-0.25, -0.2) is 9.59 Å². The van der Waals surface area contributed by atoms with Crippen molar-refractivity contribution in [2.45, 2.75) is 18.6 Å². The van der Waals surface area contributed by atoms with E-state index in [0.29, 0.717) is 22.7 Å². The molecule has 0 aliphatic heterocycles. The highest BCUT2D eigenvalue weighted by Crippen LogP contribution is 2.28. The third-order valence-corrected chi connectivity index (χ3v) is 4.75. The van der Waals surface area contributed by atoms with Gasteiger partial charge in [-0.1, -0.05) is 30.9 Å². The number of amides is 1. The summed E-state index contributed by atoms with van der Waals surface area (Å²) in [6.45, 7) is 3.67. The summed E-state index contributed by atoms with van der Waals surface area (Å²) in [5, 5.41) is 11.6. The molecule has 2 N–H and O–H groups in total. The molecule has 0 bridgehead atoms. The van der Waals surface area contributed by atoms with Crippen LogP contribution in [0, 0.1) is 0 Å². The summed E-state index contributed by atoms with van der Waals surface area (Å²) in [7, 11) is 3.05. The quantitative estimate of drug-likeness (QED) is 0.234. The molecule has 0 aliphatic rings. The number of carbonyl (C=O) groups is 2. The Balaban J connectivity index is 2.17. The first kappa shape index (κ1) is 27.4. The average molecular weight is 486 g/mol. The van der Waals surface area contributed by atoms with Crippen molar-refractivity contribution in [1.29, 1.82) is 0 Å². The molecule has 9 heteroatoms. The van der Waals surface area contributed by atoms with Crippen LogP contribution in [0.4, 0.5) is 10.5 Å². The van der Waals surface area contributed by atoms with E-state index in [2.05, 4.69) is 11.9 Å². The minimum absolute atomic E-state index is 0.105. The Morgan fingerprint density at radius 2 is 1.74 bits per heavy atom. The van der Waals surface area contributed by atoms with Gasteiger partial charge in [-0.2, -0.15) is 0 Å². The van der Waals surface area contributed by atoms with Crippen molar-refractivity contribution in [3.63, 3.8) is 0 Å². The summed E-state index contributed by atoms with van der Waals surface area (Å²) in [6.07, 6.45) is 2.53. The van der Waals surface area contributed by atoms with Crippen molar-refractivity contribution >= 4 is 17.7 Å². The predicted octanol–water partition coefficient (Wildman–Crippen LogP) is 4.05. The SMILES string of the molecule is C=CCOC(=O)/C=C/C[C@H](OC)[C@@H](OC(=O)Nc1ccc(OC)cc1)c1ccc(OCCO)cc1. The van der Waals surface area contributed by atoms with Gasteiger partial charge in [-0.15, -0.1) is 0 Å². The van der Waals surface area contributed by atoms with Crippen LogP contribution in [0.3, 0.4) is 0 Å². The summed E-state index contributed by atoms with van der Waals surface area (Å²) >= 11 is 0. The molecule has 0 heterocycles. The molecule has 0 spiro atoms. The summed E-state index contributed by atoms with van der Waals surface area (Å²) in [4.78, 5) is 24.4. The van der Waals surface area contributed by atoms with E-state index >= 15 is 0 Å². The van der Waals surface area contributed by atoms with Crippen LogP contribution in [0.15, 0.2) is 73.3 Å². The fraction of sp³-hybridized carbons (Fsp3) is 0.308. The van der Waals surface area contributed by atoms with Crippen LogP contribution in [-0.4, -0.2) is 57.3 Å². The third kappa shape index (κ3) is 9.52. The Kier molecular flexibility index (Phi) is 11.9. The van der Waals surface area contributed by atoms with Gasteiger partial charge < -0.3 is 28.8 Å². The number of anilines is 1. The smallest absolute Gasteiger partial charge is 0.412 e. The number of ether oxygens (including phenoxy) is 5. The van der Waals surface area contributed by atoms with Gasteiger partial charge in [0, 0.05) is 18.9 Å². The summed E-state index contributed by atoms with van der Waals surface area (Å²) in [5.41, 5.74) is 1.18. The number of rotatable bonds is 14. The second-order valence-corrected chi connectivity index (χ2v) is 7.15. The monoisotopic (exact) mass is 485 g/mol. The Bertz CT molecular complexity index is 956. The van der Waals surface area contributed by atoms with E-state index in [-0.39, 0.29) is 26.2 Å². The standard InChI is InChI=1S/C26H31NO8/c1-4-17-34-24(29)7-5-6-23(32-3)25(19-8-12-22(13-9-19)33-18-16-28)35-26(30)27-20-10-14-21(31-2)15-11-20/h4-5,7-15,23,25,28H,1,6,16-18H2,2-3H3,(H,27,30)/b7-5+/t23-,25-/m0/s1. The zero-order valence-corrected chi connectivity index (χ0v) is 19.8. The summed E-state index contributed by atoms with van der Waals surface area (Å²) in [6, 6.07) is 13.7. The number of hydrogen-bond acceptors (Lipinski definition) is 8. The maximum atomic E-state index is 12.7. The fourth-order valence-corrected chi connectivity index (χ4v) is 3.04. The van der Waals surface area contributed by atoms with Crippen molar-refractivity contribution in [1.82, 2.24) is 0 Å². The second-order valence-electron chi connectivity index (χ2n) is 7.15. The van der Waals surface area contributed by atoms with Crippen LogP contribution >= 0.6 is 0 Å². The normalized spacial score (nSPS) is 12.4. The van der Waals surface area contributed by atoms with Crippen LogP contribution in [-0.2, 0) is 19.0 Å². The van der Waals surface area contributed by atoms with Crippen LogP contribution in [0.25, 0.3) is 0 Å². The van der Waals surface area contributed by atoms with E-state index in [9.17, 15) is 9.59 Å². The lowest BCUT2D eigenvalue weighted by Gasteiger charge is -2.26. The Morgan fingerprint density at radius 3 is 2.34 bits per heavy atom. The number of hydrogen-bond donors (Lipinski definition) is 2. The first-order valence-corrected chi connectivity index (χ1v) is 10.9. The zero-order valence-electron chi connectivity index (χ0n) is 19.8. The first-order valence-electron chi connectivity index (χ1n) is 10.9. The Morgan fingerprint density at radius 1 is 1.06 bits per heavy atom. The molecule has 0 radical (unpaired) electrons. The number of nitrogens with one attached hydrogen (secondary N) is 1. The van der Waals surface area contributed by atoms with Crippen molar-refractivity contribution < 1.29 is 38.4 Å². The molecule has 1 amide bonds. The van der Waals surface area contributed by atoms with Crippen LogP contribution in [0.5, 0.6) is 11.5 Å². The number of benzene rings is 2. The maximum Gasteiger partial charge on any atom is 0.412 e. The van der Waals surface area contributed by atoms with E-state index < -0.39 is 24.3 Å². The summed E-state index contributed by atoms with van der Waals surface area (Å²) < 4.78 is 26.8. The third-order valence-electron chi connectivity index (χ3n) is 4.75. The number of carbonyl (C=O) groups excluding carboxylic acids is 2. The molecule has 188 valence electrons. The maximum absolute atomic E-state index is 12.7. The van der Waals surface area contributed by atoms with Gasteiger partial charge in [0.1, 0.15) is 30.8 Å². The molecular weight excluding hydrogens is 454 g/mol. The molecule has 0 saturated carbocycles. The van der Waals surface area contributed by atoms with Crippen molar-refractivity contribution in [3.05, 3.63) is 78.9 Å². The lowest BCUT2D eigenvalue weighted by molar-refractivity contribution is -0.136. The molecule has 2 aromatic rings. The number of methoxy groups -OCH3 is 2. The molecule has 0 aromatic heterocycles. The Hall–Kier alpha value is -3.82. The molecule has 35 heavy (non-hydrogen) atoms. The second kappa shape index (κ2) is 15.2. The van der Waals surface area contributed by atoms with Crippen LogP contribution < -0.4 is 14.8 Å². The largest absolute Gasteiger partial charge is 0.497 e. The molecule has 9 nitrogen and oxygen atoms in total. The lowest BCUT2D eigenvalue weighted by atomic mass is 10.0. The highest BCUT2D eigenvalue weighted by Gasteiger charge is 2.27. The zero-order chi connectivity index (χ0) is 25.5. The van der Waals surface area contributed by atoms with E-state index in [4.69, 9.17) is 28.8 Å². The van der Waals surface area contributed by atoms with Crippen LogP contribution in [0.1, 0.15) is 18.1 Å². The van der Waals surface area contributed by atoms with Gasteiger partial charge in [0.25, 0.3) is 0 Å². The number of aliphatic hydroxyl groups is 1. The van der Waals surface area contributed by atoms with Gasteiger partial charge in [0.2, 0.25) is 0 Å². The van der Waals surface area contributed by atoms with Gasteiger partial charge in [-0.3, -0.25) is 5.32 Å². The van der Waals surface area contributed by atoms with Crippen molar-refractivity contribution in [3.8, 4) is 11.5 Å². The first-order chi connectivity index (χ1) is 17.0. The number of esters is 1. The number of aliphatic hydroxyl groups excluding tert-OH is 1. The molecule has 2 aromatic carbocycles. The topological polar surface area (TPSA) is 113 Å². The van der Waals surface area contributed by atoms with E-state index in [1.165, 1.54) is 19.3 Å². The fourth-order valence-electron chi connectivity index (χ4n) is 3.04. The molecule has 2 atom stereocenters. The molecule has 2 rings (SSSR count). The highest BCUT2D eigenvalue weighted by molar-refractivity contribution is 5.85. The lowest BCUT2D eigenvalue weighted by Crippen LogP contribution is -2.27. The van der Waals surface area contributed by atoms with Crippen molar-refractivity contribution in [2.75, 3.05) is 39.4 Å². The van der Waals surface area contributed by atoms with E-state index in [1.54, 1.807) is 61.7 Å². The van der Waals surface area contributed by atoms with Gasteiger partial charge in [0.05, 0.1) is 13.7 Å². The molecular formula is C26H31NO8. The van der Waals surface area contributed by atoms with Gasteiger partial charge in [-0.05, 0) is 48.4 Å².